The van der Waals surface area contributed by atoms with E-state index >= 15 is 0 Å². The summed E-state index contributed by atoms with van der Waals surface area (Å²) in [5.41, 5.74) is 0.690. The summed E-state index contributed by atoms with van der Waals surface area (Å²) < 4.78 is 5.98. The van der Waals surface area contributed by atoms with E-state index in [0.717, 1.165) is 19.6 Å². The molecule has 2 heterocycles. The van der Waals surface area contributed by atoms with Crippen molar-refractivity contribution in [2.24, 2.45) is 0 Å². The molecule has 0 atom stereocenters. The summed E-state index contributed by atoms with van der Waals surface area (Å²) >= 11 is 3.04. The van der Waals surface area contributed by atoms with Crippen LogP contribution in [0.3, 0.4) is 0 Å². The number of aromatic nitrogens is 2. The molecule has 22 heavy (non-hydrogen) atoms. The van der Waals surface area contributed by atoms with Gasteiger partial charge in [-0.2, -0.15) is 0 Å². The Bertz CT molecular complexity index is 854. The van der Waals surface area contributed by atoms with E-state index in [4.69, 9.17) is 4.74 Å². The third-order valence-electron chi connectivity index (χ3n) is 2.83. The van der Waals surface area contributed by atoms with E-state index in [0.29, 0.717) is 12.1 Å². The summed E-state index contributed by atoms with van der Waals surface area (Å²) in [6.45, 7) is 0.552. The van der Waals surface area contributed by atoms with Crippen molar-refractivity contribution >= 4 is 50.7 Å². The van der Waals surface area contributed by atoms with Crippen molar-refractivity contribution in [2.45, 2.75) is 6.61 Å². The molecule has 0 aliphatic carbocycles. The Hall–Kier alpha value is -2.16. The van der Waals surface area contributed by atoms with Crippen molar-refractivity contribution in [1.29, 1.82) is 0 Å². The predicted octanol–water partition coefficient (Wildman–Crippen LogP) is 3.98. The van der Waals surface area contributed by atoms with E-state index in [9.17, 15) is 10.1 Å². The zero-order valence-corrected chi connectivity index (χ0v) is 13.2. The second-order valence-electron chi connectivity index (χ2n) is 4.39. The smallest absolute Gasteiger partial charge is 0.271 e. The van der Waals surface area contributed by atoms with Crippen molar-refractivity contribution in [3.8, 4) is 0 Å². The number of ether oxygens (including phenoxy) is 1. The van der Waals surface area contributed by atoms with Crippen molar-refractivity contribution in [3.63, 3.8) is 0 Å². The lowest BCUT2D eigenvalue weighted by Crippen LogP contribution is -1.86. The Labute approximate surface area is 133 Å². The number of hydrogen-bond acceptors (Lipinski definition) is 7. The SMILES string of the molecule is COCc1cnc(/C=C/c2nc3cc([N+](=O)[O-])ccc3s2)s1. The highest BCUT2D eigenvalue weighted by Crippen LogP contribution is 2.27. The maximum absolute atomic E-state index is 10.8. The highest BCUT2D eigenvalue weighted by atomic mass is 32.1. The lowest BCUT2D eigenvalue weighted by Gasteiger charge is -1.89. The quantitative estimate of drug-likeness (QED) is 0.521. The van der Waals surface area contributed by atoms with Gasteiger partial charge in [-0.3, -0.25) is 10.1 Å². The molecule has 0 radical (unpaired) electrons. The number of benzene rings is 1. The molecule has 112 valence electrons. The normalized spacial score (nSPS) is 11.5. The number of methoxy groups -OCH3 is 1. The maximum atomic E-state index is 10.8. The van der Waals surface area contributed by atoms with Gasteiger partial charge in [0.15, 0.2) is 0 Å². The fourth-order valence-electron chi connectivity index (χ4n) is 1.87. The third kappa shape index (κ3) is 3.19. The summed E-state index contributed by atoms with van der Waals surface area (Å²) in [5, 5.41) is 12.4. The van der Waals surface area contributed by atoms with Crippen molar-refractivity contribution in [1.82, 2.24) is 9.97 Å². The van der Waals surface area contributed by atoms with Gasteiger partial charge in [0.25, 0.3) is 5.69 Å². The third-order valence-corrected chi connectivity index (χ3v) is 4.76. The van der Waals surface area contributed by atoms with Crippen LogP contribution in [0.5, 0.6) is 0 Å². The molecule has 0 unspecified atom stereocenters. The number of nitrogens with zero attached hydrogens (tertiary/aromatic N) is 3. The molecule has 0 saturated heterocycles. The Morgan fingerprint density at radius 1 is 1.32 bits per heavy atom. The molecule has 0 spiro atoms. The standard InChI is InChI=1S/C14H11N3O3S2/c1-20-8-10-7-15-13(21-10)4-5-14-16-11-6-9(17(18)19)2-3-12(11)22-14/h2-7H,8H2,1H3/b5-4+. The monoisotopic (exact) mass is 333 g/mol. The van der Waals surface area contributed by atoms with Crippen LogP contribution in [0.1, 0.15) is 14.9 Å². The molecule has 0 fully saturated rings. The summed E-state index contributed by atoms with van der Waals surface area (Å²) in [7, 11) is 1.65. The Balaban J connectivity index is 1.83. The molecule has 0 saturated carbocycles. The molecule has 3 aromatic rings. The molecule has 0 N–H and O–H groups in total. The zero-order chi connectivity index (χ0) is 15.5. The van der Waals surface area contributed by atoms with Crippen LogP contribution in [0.25, 0.3) is 22.4 Å². The first-order valence-corrected chi connectivity index (χ1v) is 7.96. The Morgan fingerprint density at radius 2 is 2.14 bits per heavy atom. The van der Waals surface area contributed by atoms with E-state index in [2.05, 4.69) is 9.97 Å². The summed E-state index contributed by atoms with van der Waals surface area (Å²) in [6.07, 6.45) is 5.54. The van der Waals surface area contributed by atoms with Gasteiger partial charge in [-0.1, -0.05) is 0 Å². The topological polar surface area (TPSA) is 78.2 Å². The number of non-ortho nitro benzene ring substituents is 1. The molecule has 6 nitrogen and oxygen atoms in total. The predicted molar refractivity (Wildman–Crippen MR) is 88.0 cm³/mol. The average Bonchev–Trinajstić information content (AvgIpc) is 3.10. The van der Waals surface area contributed by atoms with E-state index in [1.54, 1.807) is 30.7 Å². The van der Waals surface area contributed by atoms with Crippen LogP contribution in [0.4, 0.5) is 5.69 Å². The first-order valence-electron chi connectivity index (χ1n) is 6.32. The molecular weight excluding hydrogens is 322 g/mol. The fourth-order valence-corrected chi connectivity index (χ4v) is 3.51. The fraction of sp³-hybridized carbons (Fsp3) is 0.143. The molecule has 8 heteroatoms. The van der Waals surface area contributed by atoms with E-state index in [-0.39, 0.29) is 5.69 Å². The minimum absolute atomic E-state index is 0.0532. The first-order chi connectivity index (χ1) is 10.7. The van der Waals surface area contributed by atoms with E-state index in [1.807, 2.05) is 12.2 Å². The van der Waals surface area contributed by atoms with E-state index < -0.39 is 4.92 Å². The summed E-state index contributed by atoms with van der Waals surface area (Å²) in [6, 6.07) is 4.71. The molecule has 3 rings (SSSR count). The van der Waals surface area contributed by atoms with Gasteiger partial charge in [0.2, 0.25) is 0 Å². The second kappa shape index (κ2) is 6.30. The lowest BCUT2D eigenvalue weighted by atomic mass is 10.3. The van der Waals surface area contributed by atoms with Gasteiger partial charge in [-0.05, 0) is 18.2 Å². The average molecular weight is 333 g/mol. The molecule has 0 amide bonds. The van der Waals surface area contributed by atoms with Crippen LogP contribution >= 0.6 is 22.7 Å². The molecule has 2 aromatic heterocycles. The number of fused-ring (bicyclic) bond motifs is 1. The van der Waals surface area contributed by atoms with Gasteiger partial charge in [0.1, 0.15) is 10.0 Å². The minimum Gasteiger partial charge on any atom is -0.379 e. The Kier molecular flexibility index (Phi) is 4.23. The number of nitro benzene ring substituents is 1. The first kappa shape index (κ1) is 14.8. The highest BCUT2D eigenvalue weighted by Gasteiger charge is 2.09. The van der Waals surface area contributed by atoms with Gasteiger partial charge in [-0.25, -0.2) is 9.97 Å². The molecular formula is C14H11N3O3S2. The van der Waals surface area contributed by atoms with Gasteiger partial charge < -0.3 is 4.74 Å². The summed E-state index contributed by atoms with van der Waals surface area (Å²) in [5.74, 6) is 0. The van der Waals surface area contributed by atoms with Crippen molar-refractivity contribution in [2.75, 3.05) is 7.11 Å². The van der Waals surface area contributed by atoms with Gasteiger partial charge in [0.05, 0.1) is 26.6 Å². The van der Waals surface area contributed by atoms with Crippen LogP contribution in [0.15, 0.2) is 24.4 Å². The number of hydrogen-bond donors (Lipinski definition) is 0. The lowest BCUT2D eigenvalue weighted by molar-refractivity contribution is -0.384. The second-order valence-corrected chi connectivity index (χ2v) is 6.60. The highest BCUT2D eigenvalue weighted by molar-refractivity contribution is 7.19. The molecule has 0 bridgehead atoms. The van der Waals surface area contributed by atoms with E-state index in [1.165, 1.54) is 23.5 Å². The molecule has 0 aliphatic rings. The summed E-state index contributed by atoms with van der Waals surface area (Å²) in [4.78, 5) is 20.1. The van der Waals surface area contributed by atoms with Crippen molar-refractivity contribution in [3.05, 3.63) is 49.4 Å². The minimum atomic E-state index is -0.415. The van der Waals surface area contributed by atoms with Crippen molar-refractivity contribution < 1.29 is 9.66 Å². The van der Waals surface area contributed by atoms with Gasteiger partial charge in [-0.15, -0.1) is 22.7 Å². The van der Waals surface area contributed by atoms with Crippen LogP contribution in [-0.2, 0) is 11.3 Å². The number of thiazole rings is 2. The Morgan fingerprint density at radius 3 is 2.91 bits per heavy atom. The van der Waals surface area contributed by atoms with Gasteiger partial charge in [0, 0.05) is 25.4 Å². The molecule has 0 aliphatic heterocycles. The van der Waals surface area contributed by atoms with Crippen LogP contribution in [-0.4, -0.2) is 22.0 Å². The van der Waals surface area contributed by atoms with Crippen LogP contribution in [0.2, 0.25) is 0 Å². The van der Waals surface area contributed by atoms with Crippen LogP contribution < -0.4 is 0 Å². The largest absolute Gasteiger partial charge is 0.379 e. The zero-order valence-electron chi connectivity index (χ0n) is 11.6. The molecule has 1 aromatic carbocycles. The van der Waals surface area contributed by atoms with Gasteiger partial charge >= 0.3 is 0 Å². The maximum Gasteiger partial charge on any atom is 0.271 e. The number of rotatable bonds is 5. The number of nitro groups is 1. The van der Waals surface area contributed by atoms with Crippen LogP contribution in [0, 0.1) is 10.1 Å².